The largest absolute Gasteiger partial charge is 0.505 e. The highest BCUT2D eigenvalue weighted by atomic mass is 16.3. The molecular weight excluding hydrogens is 270 g/mol. The zero-order valence-corrected chi connectivity index (χ0v) is 15.5. The van der Waals surface area contributed by atoms with E-state index in [2.05, 4.69) is 59.4 Å². The minimum absolute atomic E-state index is 0.0556. The molecule has 0 radical (unpaired) electrons. The molecule has 1 aliphatic heterocycles. The molecular formula is C20H33NO. The van der Waals surface area contributed by atoms with Crippen LogP contribution in [0, 0.1) is 6.92 Å². The lowest BCUT2D eigenvalue weighted by molar-refractivity contribution is 0.439. The summed E-state index contributed by atoms with van der Waals surface area (Å²) in [6.45, 7) is 17.7. The number of aromatic hydroxyl groups is 1. The molecule has 1 aromatic carbocycles. The molecule has 22 heavy (non-hydrogen) atoms. The standard InChI is InChI=1S/C20H33NO/c1-14-15(19(2,3)4)13-16(21-11-9-8-10-12-21)18(22)17(14)20(5,6)7/h13,22H,8-12H2,1-7H3. The van der Waals surface area contributed by atoms with Crippen molar-refractivity contribution in [2.24, 2.45) is 0 Å². The van der Waals surface area contributed by atoms with Crippen LogP contribution in [0.15, 0.2) is 6.07 Å². The smallest absolute Gasteiger partial charge is 0.142 e. The van der Waals surface area contributed by atoms with E-state index in [0.717, 1.165) is 24.3 Å². The summed E-state index contributed by atoms with van der Waals surface area (Å²) in [5, 5.41) is 11.0. The number of hydrogen-bond acceptors (Lipinski definition) is 2. The first-order valence-electron chi connectivity index (χ1n) is 8.66. The minimum Gasteiger partial charge on any atom is -0.505 e. The molecule has 2 nitrogen and oxygen atoms in total. The molecule has 124 valence electrons. The van der Waals surface area contributed by atoms with Gasteiger partial charge in [-0.1, -0.05) is 41.5 Å². The Bertz CT molecular complexity index is 540. The predicted octanol–water partition coefficient (Wildman–Crippen LogP) is 5.29. The van der Waals surface area contributed by atoms with Crippen LogP contribution < -0.4 is 4.90 Å². The summed E-state index contributed by atoms with van der Waals surface area (Å²) in [6.07, 6.45) is 3.76. The van der Waals surface area contributed by atoms with Crippen molar-refractivity contribution in [1.82, 2.24) is 0 Å². The van der Waals surface area contributed by atoms with Gasteiger partial charge >= 0.3 is 0 Å². The van der Waals surface area contributed by atoms with Crippen LogP contribution in [0.25, 0.3) is 0 Å². The highest BCUT2D eigenvalue weighted by molar-refractivity contribution is 5.68. The maximum absolute atomic E-state index is 11.0. The summed E-state index contributed by atoms with van der Waals surface area (Å²) in [6, 6.07) is 2.24. The van der Waals surface area contributed by atoms with Gasteiger partial charge in [0.2, 0.25) is 0 Å². The summed E-state index contributed by atoms with van der Waals surface area (Å²) >= 11 is 0. The molecule has 0 aromatic heterocycles. The fourth-order valence-electron chi connectivity index (χ4n) is 3.83. The van der Waals surface area contributed by atoms with Gasteiger partial charge in [0.1, 0.15) is 5.75 Å². The van der Waals surface area contributed by atoms with E-state index in [-0.39, 0.29) is 10.8 Å². The van der Waals surface area contributed by atoms with Gasteiger partial charge < -0.3 is 10.0 Å². The summed E-state index contributed by atoms with van der Waals surface area (Å²) < 4.78 is 0. The first-order chi connectivity index (χ1) is 10.0. The number of hydrogen-bond donors (Lipinski definition) is 1. The Morgan fingerprint density at radius 3 is 1.91 bits per heavy atom. The predicted molar refractivity (Wildman–Crippen MR) is 96.3 cm³/mol. The van der Waals surface area contributed by atoms with Crippen molar-refractivity contribution in [3.8, 4) is 5.75 Å². The van der Waals surface area contributed by atoms with Crippen molar-refractivity contribution < 1.29 is 5.11 Å². The average Bonchev–Trinajstić information content (AvgIpc) is 2.36. The maximum atomic E-state index is 11.0. The molecule has 0 unspecified atom stereocenters. The normalized spacial score (nSPS) is 17.0. The lowest BCUT2D eigenvalue weighted by Gasteiger charge is -2.35. The second kappa shape index (κ2) is 5.79. The number of anilines is 1. The lowest BCUT2D eigenvalue weighted by Crippen LogP contribution is -2.31. The van der Waals surface area contributed by atoms with Crippen LogP contribution in [-0.2, 0) is 10.8 Å². The number of nitrogens with zero attached hydrogens (tertiary/aromatic N) is 1. The first kappa shape index (κ1) is 17.2. The Kier molecular flexibility index (Phi) is 4.52. The Morgan fingerprint density at radius 1 is 0.909 bits per heavy atom. The second-order valence-corrected chi connectivity index (χ2v) is 8.84. The zero-order valence-electron chi connectivity index (χ0n) is 15.5. The van der Waals surface area contributed by atoms with Gasteiger partial charge in [0.15, 0.2) is 0 Å². The maximum Gasteiger partial charge on any atom is 0.142 e. The molecule has 1 aliphatic rings. The van der Waals surface area contributed by atoms with Crippen molar-refractivity contribution in [2.75, 3.05) is 18.0 Å². The van der Waals surface area contributed by atoms with Gasteiger partial charge in [0.05, 0.1) is 5.69 Å². The molecule has 0 atom stereocenters. The van der Waals surface area contributed by atoms with Crippen LogP contribution in [0.2, 0.25) is 0 Å². The molecule has 1 aromatic rings. The summed E-state index contributed by atoms with van der Waals surface area (Å²) in [7, 11) is 0. The van der Waals surface area contributed by atoms with Gasteiger partial charge in [-0.25, -0.2) is 0 Å². The Balaban J connectivity index is 2.68. The molecule has 2 rings (SSSR count). The third-order valence-corrected chi connectivity index (χ3v) is 4.79. The van der Waals surface area contributed by atoms with E-state index in [1.807, 2.05) is 0 Å². The van der Waals surface area contributed by atoms with Crippen LogP contribution >= 0.6 is 0 Å². The number of phenols is 1. The number of phenolic OH excluding ortho intramolecular Hbond substituents is 1. The topological polar surface area (TPSA) is 23.5 Å². The number of rotatable bonds is 1. The zero-order chi connectivity index (χ0) is 16.7. The van der Waals surface area contributed by atoms with Gasteiger partial charge in [0.25, 0.3) is 0 Å². The minimum atomic E-state index is -0.0556. The summed E-state index contributed by atoms with van der Waals surface area (Å²) in [5.74, 6) is 0.500. The molecule has 0 aliphatic carbocycles. The van der Waals surface area contributed by atoms with Gasteiger partial charge in [0, 0.05) is 18.7 Å². The Hall–Kier alpha value is -1.18. The molecule has 1 fully saturated rings. The van der Waals surface area contributed by atoms with E-state index in [0.29, 0.717) is 5.75 Å². The Labute approximate surface area is 136 Å². The van der Waals surface area contributed by atoms with Crippen molar-refractivity contribution in [1.29, 1.82) is 0 Å². The van der Waals surface area contributed by atoms with E-state index in [9.17, 15) is 5.11 Å². The monoisotopic (exact) mass is 303 g/mol. The van der Waals surface area contributed by atoms with Crippen molar-refractivity contribution in [3.05, 3.63) is 22.8 Å². The van der Waals surface area contributed by atoms with Crippen LogP contribution in [0.1, 0.15) is 77.5 Å². The van der Waals surface area contributed by atoms with Gasteiger partial charge in [-0.3, -0.25) is 0 Å². The molecule has 1 saturated heterocycles. The number of piperidine rings is 1. The third-order valence-electron chi connectivity index (χ3n) is 4.79. The molecule has 0 saturated carbocycles. The van der Waals surface area contributed by atoms with Crippen molar-refractivity contribution >= 4 is 5.69 Å². The van der Waals surface area contributed by atoms with Crippen LogP contribution in [0.3, 0.4) is 0 Å². The van der Waals surface area contributed by atoms with E-state index >= 15 is 0 Å². The fourth-order valence-corrected chi connectivity index (χ4v) is 3.83. The number of benzene rings is 1. The SMILES string of the molecule is Cc1c(C(C)(C)C)cc(N2CCCCC2)c(O)c1C(C)(C)C. The van der Waals surface area contributed by atoms with E-state index in [4.69, 9.17) is 0 Å². The molecule has 1 heterocycles. The van der Waals surface area contributed by atoms with Crippen LogP contribution in [0.4, 0.5) is 5.69 Å². The fraction of sp³-hybridized carbons (Fsp3) is 0.700. The van der Waals surface area contributed by atoms with Gasteiger partial charge in [-0.15, -0.1) is 0 Å². The summed E-state index contributed by atoms with van der Waals surface area (Å²) in [5.41, 5.74) is 4.79. The van der Waals surface area contributed by atoms with Crippen molar-refractivity contribution in [2.45, 2.75) is 78.6 Å². The summed E-state index contributed by atoms with van der Waals surface area (Å²) in [4.78, 5) is 2.38. The quantitative estimate of drug-likeness (QED) is 0.762. The molecule has 1 N–H and O–H groups in total. The van der Waals surface area contributed by atoms with E-state index < -0.39 is 0 Å². The first-order valence-corrected chi connectivity index (χ1v) is 8.66. The van der Waals surface area contributed by atoms with Crippen LogP contribution in [-0.4, -0.2) is 18.2 Å². The second-order valence-electron chi connectivity index (χ2n) is 8.84. The molecule has 2 heteroatoms. The lowest BCUT2D eigenvalue weighted by atomic mass is 9.75. The van der Waals surface area contributed by atoms with E-state index in [1.165, 1.54) is 30.4 Å². The Morgan fingerprint density at radius 2 is 1.45 bits per heavy atom. The average molecular weight is 303 g/mol. The van der Waals surface area contributed by atoms with Gasteiger partial charge in [-0.2, -0.15) is 0 Å². The molecule has 0 bridgehead atoms. The van der Waals surface area contributed by atoms with Crippen LogP contribution in [0.5, 0.6) is 5.75 Å². The van der Waals surface area contributed by atoms with E-state index in [1.54, 1.807) is 0 Å². The third kappa shape index (κ3) is 3.26. The van der Waals surface area contributed by atoms with Gasteiger partial charge in [-0.05, 0) is 54.2 Å². The highest BCUT2D eigenvalue weighted by Crippen LogP contribution is 2.45. The van der Waals surface area contributed by atoms with Crippen molar-refractivity contribution in [3.63, 3.8) is 0 Å². The molecule has 0 spiro atoms. The highest BCUT2D eigenvalue weighted by Gasteiger charge is 2.30. The molecule has 0 amide bonds.